The van der Waals surface area contributed by atoms with Crippen LogP contribution in [0.25, 0.3) is 6.08 Å². The van der Waals surface area contributed by atoms with Crippen LogP contribution in [0.3, 0.4) is 0 Å². The summed E-state index contributed by atoms with van der Waals surface area (Å²) in [6, 6.07) is 7.19. The first-order chi connectivity index (χ1) is 10.8. The molecule has 0 aliphatic carbocycles. The normalized spacial score (nSPS) is 14.5. The van der Waals surface area contributed by atoms with Gasteiger partial charge < -0.3 is 10.6 Å². The summed E-state index contributed by atoms with van der Waals surface area (Å²) in [4.78, 5) is 16.6. The fourth-order valence-electron chi connectivity index (χ4n) is 1.59. The predicted molar refractivity (Wildman–Crippen MR) is 85.0 cm³/mol. The molecule has 22 heavy (non-hydrogen) atoms. The molecule has 2 rings (SSSR count). The van der Waals surface area contributed by atoms with Crippen LogP contribution in [0.15, 0.2) is 81.9 Å². The lowest BCUT2D eigenvalue weighted by Gasteiger charge is -2.01. The second kappa shape index (κ2) is 8.11. The van der Waals surface area contributed by atoms with E-state index in [1.807, 2.05) is 12.1 Å². The number of amides is 1. The van der Waals surface area contributed by atoms with Gasteiger partial charge in [-0.2, -0.15) is 0 Å². The summed E-state index contributed by atoms with van der Waals surface area (Å²) in [7, 11) is 0. The first kappa shape index (κ1) is 15.1. The highest BCUT2D eigenvalue weighted by atomic mass is 16.6. The second-order valence-corrected chi connectivity index (χ2v) is 4.15. The quantitative estimate of drug-likeness (QED) is 0.862. The number of carbonyl (C=O) groups is 1. The number of nitrogens with zero attached hydrogens (tertiary/aromatic N) is 3. The van der Waals surface area contributed by atoms with Crippen molar-refractivity contribution in [2.75, 3.05) is 0 Å². The number of rotatable bonds is 1. The van der Waals surface area contributed by atoms with Gasteiger partial charge in [0.15, 0.2) is 5.75 Å². The number of para-hydroxylation sites is 1. The number of fused-ring (bicyclic) bond motifs is 1. The van der Waals surface area contributed by atoms with Gasteiger partial charge in [0.1, 0.15) is 0 Å². The highest BCUT2D eigenvalue weighted by molar-refractivity contribution is 5.96. The second-order valence-electron chi connectivity index (χ2n) is 4.15. The molecule has 110 valence electrons. The van der Waals surface area contributed by atoms with Crippen molar-refractivity contribution in [1.82, 2.24) is 0 Å². The van der Waals surface area contributed by atoms with Crippen molar-refractivity contribution in [2.45, 2.75) is 0 Å². The zero-order valence-electron chi connectivity index (χ0n) is 11.7. The number of hydrogen-bond acceptors (Lipinski definition) is 5. The lowest BCUT2D eigenvalue weighted by Crippen LogP contribution is -2.12. The summed E-state index contributed by atoms with van der Waals surface area (Å²) in [5.74, 6) is -0.0312. The van der Waals surface area contributed by atoms with Gasteiger partial charge in [-0.3, -0.25) is 4.79 Å². The maximum absolute atomic E-state index is 11.4. The molecule has 2 N–H and O–H groups in total. The van der Waals surface area contributed by atoms with Crippen molar-refractivity contribution >= 4 is 18.2 Å². The highest BCUT2D eigenvalue weighted by Gasteiger charge is 2.02. The van der Waals surface area contributed by atoms with Crippen molar-refractivity contribution < 1.29 is 9.63 Å². The first-order valence-electron chi connectivity index (χ1n) is 6.48. The highest BCUT2D eigenvalue weighted by Crippen LogP contribution is 2.20. The van der Waals surface area contributed by atoms with Crippen molar-refractivity contribution in [3.8, 4) is 5.75 Å². The minimum atomic E-state index is -0.520. The fraction of sp³-hybridized carbons (Fsp3) is 0. The maximum Gasteiger partial charge on any atom is 0.248 e. The van der Waals surface area contributed by atoms with Gasteiger partial charge in [0.25, 0.3) is 0 Å². The van der Waals surface area contributed by atoms with Crippen LogP contribution < -0.4 is 10.6 Å². The molecule has 6 nitrogen and oxygen atoms in total. The minimum absolute atomic E-state index is 0.365. The van der Waals surface area contributed by atoms with Crippen molar-refractivity contribution in [3.63, 3.8) is 0 Å². The lowest BCUT2D eigenvalue weighted by molar-refractivity contribution is -0.114. The summed E-state index contributed by atoms with van der Waals surface area (Å²) < 4.78 is 0. The van der Waals surface area contributed by atoms with E-state index in [1.165, 1.54) is 6.21 Å². The third-order valence-corrected chi connectivity index (χ3v) is 2.64. The minimum Gasteiger partial charge on any atom is -0.366 e. The molecule has 1 aliphatic heterocycles. The summed E-state index contributed by atoms with van der Waals surface area (Å²) >= 11 is 0. The summed E-state index contributed by atoms with van der Waals surface area (Å²) in [5, 5.41) is 10.7. The Kier molecular flexibility index (Phi) is 5.57. The van der Waals surface area contributed by atoms with Gasteiger partial charge in [-0.1, -0.05) is 42.5 Å². The van der Waals surface area contributed by atoms with Gasteiger partial charge in [-0.05, 0) is 29.5 Å². The standard InChI is InChI=1S/C16H14N4O2/c17-16(21)14-8-3-1-2-6-12-18-19-20-22-15-9-5-4-7-13(15)10-11-14/h1-12H,(H2,17,21). The number of allylic oxidation sites excluding steroid dienone is 5. The van der Waals surface area contributed by atoms with E-state index < -0.39 is 5.91 Å². The lowest BCUT2D eigenvalue weighted by atomic mass is 10.1. The zero-order valence-corrected chi connectivity index (χ0v) is 11.7. The van der Waals surface area contributed by atoms with E-state index >= 15 is 0 Å². The van der Waals surface area contributed by atoms with Crippen LogP contribution in [-0.2, 0) is 4.79 Å². The fourth-order valence-corrected chi connectivity index (χ4v) is 1.59. The average Bonchev–Trinajstić information content (AvgIpc) is 2.52. The zero-order chi connectivity index (χ0) is 15.6. The van der Waals surface area contributed by atoms with E-state index in [0.717, 1.165) is 5.56 Å². The Labute approximate surface area is 127 Å². The summed E-state index contributed by atoms with van der Waals surface area (Å²) in [6.07, 6.45) is 13.3. The molecule has 1 heterocycles. The van der Waals surface area contributed by atoms with Gasteiger partial charge in [0.2, 0.25) is 5.91 Å². The molecular formula is C16H14N4O2. The number of carbonyl (C=O) groups excluding carboxylic acids is 1. The Hall–Kier alpha value is -3.28. The van der Waals surface area contributed by atoms with Crippen LogP contribution >= 0.6 is 0 Å². The van der Waals surface area contributed by atoms with Gasteiger partial charge in [0.05, 0.1) is 11.5 Å². The topological polar surface area (TPSA) is 89.4 Å². The van der Waals surface area contributed by atoms with E-state index in [2.05, 4.69) is 15.6 Å². The molecule has 1 aliphatic rings. The average molecular weight is 294 g/mol. The summed E-state index contributed by atoms with van der Waals surface area (Å²) in [6.45, 7) is 0. The largest absolute Gasteiger partial charge is 0.366 e. The Balaban J connectivity index is 2.40. The van der Waals surface area contributed by atoms with Crippen LogP contribution in [0.2, 0.25) is 0 Å². The van der Waals surface area contributed by atoms with Gasteiger partial charge >= 0.3 is 0 Å². The molecular weight excluding hydrogens is 280 g/mol. The van der Waals surface area contributed by atoms with Crippen LogP contribution in [0.5, 0.6) is 5.75 Å². The molecule has 0 radical (unpaired) electrons. The van der Waals surface area contributed by atoms with Gasteiger partial charge in [0, 0.05) is 11.1 Å². The third kappa shape index (κ3) is 4.68. The molecule has 6 heteroatoms. The Morgan fingerprint density at radius 3 is 2.73 bits per heavy atom. The molecule has 0 aromatic heterocycles. The Morgan fingerprint density at radius 2 is 1.86 bits per heavy atom. The molecule has 0 atom stereocenters. The molecule has 0 saturated carbocycles. The molecule has 1 aromatic rings. The van der Waals surface area contributed by atoms with Gasteiger partial charge in [-0.15, -0.1) is 5.10 Å². The number of primary amides is 1. The molecule has 1 amide bonds. The monoisotopic (exact) mass is 294 g/mol. The predicted octanol–water partition coefficient (Wildman–Crippen LogP) is 2.97. The van der Waals surface area contributed by atoms with Crippen LogP contribution in [0.1, 0.15) is 5.56 Å². The number of hydrogen-bond donors (Lipinski definition) is 1. The molecule has 0 bridgehead atoms. The SMILES string of the molecule is NC(=O)C1=CC=CC=CC=NN=NOc2ccccc2C=C1. The molecule has 0 unspecified atom stereocenters. The van der Waals surface area contributed by atoms with Crippen LogP contribution in [0.4, 0.5) is 0 Å². The Bertz CT molecular complexity index is 713. The number of nitrogens with two attached hydrogens (primary N) is 1. The van der Waals surface area contributed by atoms with E-state index in [0.29, 0.717) is 11.3 Å². The van der Waals surface area contributed by atoms with Gasteiger partial charge in [-0.25, -0.2) is 0 Å². The maximum atomic E-state index is 11.4. The van der Waals surface area contributed by atoms with Crippen molar-refractivity contribution in [3.05, 3.63) is 71.9 Å². The van der Waals surface area contributed by atoms with Crippen molar-refractivity contribution in [1.29, 1.82) is 0 Å². The first-order valence-corrected chi connectivity index (χ1v) is 6.48. The molecule has 0 spiro atoms. The van der Waals surface area contributed by atoms with E-state index in [1.54, 1.807) is 54.7 Å². The molecule has 1 aromatic carbocycles. The third-order valence-electron chi connectivity index (χ3n) is 2.64. The van der Waals surface area contributed by atoms with Crippen LogP contribution in [-0.4, -0.2) is 12.1 Å². The van der Waals surface area contributed by atoms with E-state index in [4.69, 9.17) is 10.6 Å². The summed E-state index contributed by atoms with van der Waals surface area (Å²) in [5.41, 5.74) is 6.45. The van der Waals surface area contributed by atoms with Crippen LogP contribution in [0, 0.1) is 0 Å². The Morgan fingerprint density at radius 1 is 1.05 bits per heavy atom. The molecule has 0 saturated heterocycles. The smallest absolute Gasteiger partial charge is 0.248 e. The van der Waals surface area contributed by atoms with E-state index in [9.17, 15) is 4.79 Å². The van der Waals surface area contributed by atoms with Crippen molar-refractivity contribution in [2.24, 2.45) is 21.3 Å². The molecule has 0 fully saturated rings. The van der Waals surface area contributed by atoms with E-state index in [-0.39, 0.29) is 0 Å². The number of benzene rings is 1.